The molecular formula is C17H21NO2. The van der Waals surface area contributed by atoms with E-state index < -0.39 is 0 Å². The van der Waals surface area contributed by atoms with Crippen LogP contribution in [0.25, 0.3) is 0 Å². The molecule has 0 spiro atoms. The molecule has 20 heavy (non-hydrogen) atoms. The van der Waals surface area contributed by atoms with Crippen LogP contribution in [-0.4, -0.2) is 6.61 Å². The topological polar surface area (TPSA) is 44.5 Å². The Morgan fingerprint density at radius 2 is 1.35 bits per heavy atom. The zero-order chi connectivity index (χ0) is 14.4. The fourth-order valence-electron chi connectivity index (χ4n) is 1.93. The van der Waals surface area contributed by atoms with Crippen LogP contribution in [0.4, 0.5) is 0 Å². The summed E-state index contributed by atoms with van der Waals surface area (Å²) in [5.41, 5.74) is 7.12. The standard InChI is InChI=1S/C17H21NO2/c1-3-17(18)13-5-7-15(8-6-13)20-16-11-9-14(10-12-16)19-4-2/h5-12,17H,3-4,18H2,1-2H3. The molecule has 0 aromatic heterocycles. The van der Waals surface area contributed by atoms with E-state index >= 15 is 0 Å². The van der Waals surface area contributed by atoms with Crippen LogP contribution in [0, 0.1) is 0 Å². The highest BCUT2D eigenvalue weighted by Gasteiger charge is 2.03. The van der Waals surface area contributed by atoms with Crippen molar-refractivity contribution < 1.29 is 9.47 Å². The molecule has 0 amide bonds. The Bertz CT molecular complexity index is 520. The van der Waals surface area contributed by atoms with Crippen LogP contribution in [-0.2, 0) is 0 Å². The van der Waals surface area contributed by atoms with Crippen LogP contribution >= 0.6 is 0 Å². The van der Waals surface area contributed by atoms with Crippen molar-refractivity contribution in [2.24, 2.45) is 5.73 Å². The Labute approximate surface area is 120 Å². The second kappa shape index (κ2) is 6.96. The number of hydrogen-bond donors (Lipinski definition) is 1. The van der Waals surface area contributed by atoms with Crippen molar-refractivity contribution in [2.75, 3.05) is 6.61 Å². The van der Waals surface area contributed by atoms with Gasteiger partial charge in [-0.25, -0.2) is 0 Å². The SMILES string of the molecule is CCOc1ccc(Oc2ccc(C(N)CC)cc2)cc1. The monoisotopic (exact) mass is 271 g/mol. The van der Waals surface area contributed by atoms with E-state index in [0.717, 1.165) is 29.2 Å². The van der Waals surface area contributed by atoms with Gasteiger partial charge in [0.05, 0.1) is 6.61 Å². The molecule has 0 aliphatic carbocycles. The Morgan fingerprint density at radius 1 is 0.850 bits per heavy atom. The van der Waals surface area contributed by atoms with E-state index in [2.05, 4.69) is 6.92 Å². The zero-order valence-corrected chi connectivity index (χ0v) is 12.0. The summed E-state index contributed by atoms with van der Waals surface area (Å²) in [7, 11) is 0. The molecule has 0 aliphatic rings. The summed E-state index contributed by atoms with van der Waals surface area (Å²) in [6, 6.07) is 15.6. The van der Waals surface area contributed by atoms with Gasteiger partial charge < -0.3 is 15.2 Å². The molecule has 3 heteroatoms. The molecule has 0 saturated carbocycles. The summed E-state index contributed by atoms with van der Waals surface area (Å²) in [5, 5.41) is 0. The van der Waals surface area contributed by atoms with E-state index in [4.69, 9.17) is 15.2 Å². The fourth-order valence-corrected chi connectivity index (χ4v) is 1.93. The molecule has 0 radical (unpaired) electrons. The molecule has 1 unspecified atom stereocenters. The van der Waals surface area contributed by atoms with E-state index in [0.29, 0.717) is 6.61 Å². The predicted octanol–water partition coefficient (Wildman–Crippen LogP) is 4.29. The molecule has 0 bridgehead atoms. The maximum Gasteiger partial charge on any atom is 0.127 e. The largest absolute Gasteiger partial charge is 0.494 e. The van der Waals surface area contributed by atoms with Gasteiger partial charge in [-0.15, -0.1) is 0 Å². The molecule has 0 fully saturated rings. The summed E-state index contributed by atoms with van der Waals surface area (Å²) in [6.45, 7) is 4.71. The van der Waals surface area contributed by atoms with Crippen LogP contribution < -0.4 is 15.2 Å². The molecule has 2 aromatic rings. The Balaban J connectivity index is 2.02. The van der Waals surface area contributed by atoms with Gasteiger partial charge in [0.1, 0.15) is 17.2 Å². The number of nitrogens with two attached hydrogens (primary N) is 1. The fraction of sp³-hybridized carbons (Fsp3) is 0.294. The summed E-state index contributed by atoms with van der Waals surface area (Å²) in [4.78, 5) is 0. The van der Waals surface area contributed by atoms with E-state index in [1.807, 2.05) is 55.5 Å². The predicted molar refractivity (Wildman–Crippen MR) is 81.3 cm³/mol. The van der Waals surface area contributed by atoms with Crippen LogP contribution in [0.3, 0.4) is 0 Å². The lowest BCUT2D eigenvalue weighted by Gasteiger charge is -2.11. The number of benzene rings is 2. The second-order valence-corrected chi connectivity index (χ2v) is 4.59. The number of rotatable bonds is 6. The second-order valence-electron chi connectivity index (χ2n) is 4.59. The minimum absolute atomic E-state index is 0.0922. The lowest BCUT2D eigenvalue weighted by atomic mass is 10.1. The maximum atomic E-state index is 5.99. The van der Waals surface area contributed by atoms with E-state index in [9.17, 15) is 0 Å². The highest BCUT2D eigenvalue weighted by molar-refractivity contribution is 5.36. The normalized spacial score (nSPS) is 11.9. The Kier molecular flexibility index (Phi) is 5.02. The number of hydrogen-bond acceptors (Lipinski definition) is 3. The quantitative estimate of drug-likeness (QED) is 0.852. The van der Waals surface area contributed by atoms with Crippen molar-refractivity contribution in [3.05, 3.63) is 54.1 Å². The van der Waals surface area contributed by atoms with Gasteiger partial charge in [-0.3, -0.25) is 0 Å². The first-order chi connectivity index (χ1) is 9.72. The zero-order valence-electron chi connectivity index (χ0n) is 12.0. The molecular weight excluding hydrogens is 250 g/mol. The summed E-state index contributed by atoms with van der Waals surface area (Å²) in [6.07, 6.45) is 0.930. The third-order valence-electron chi connectivity index (χ3n) is 3.12. The smallest absolute Gasteiger partial charge is 0.127 e. The van der Waals surface area contributed by atoms with Gasteiger partial charge >= 0.3 is 0 Å². The molecule has 1 atom stereocenters. The molecule has 0 heterocycles. The van der Waals surface area contributed by atoms with Gasteiger partial charge in [0.15, 0.2) is 0 Å². The number of ether oxygens (including phenoxy) is 2. The molecule has 2 aromatic carbocycles. The molecule has 0 saturated heterocycles. The van der Waals surface area contributed by atoms with Gasteiger partial charge in [0.25, 0.3) is 0 Å². The first-order valence-corrected chi connectivity index (χ1v) is 6.99. The van der Waals surface area contributed by atoms with E-state index in [1.165, 1.54) is 0 Å². The summed E-state index contributed by atoms with van der Waals surface area (Å²) in [5.74, 6) is 2.45. The highest BCUT2D eigenvalue weighted by atomic mass is 16.5. The van der Waals surface area contributed by atoms with Gasteiger partial charge in [-0.2, -0.15) is 0 Å². The third-order valence-corrected chi connectivity index (χ3v) is 3.12. The molecule has 2 N–H and O–H groups in total. The van der Waals surface area contributed by atoms with Crippen molar-refractivity contribution >= 4 is 0 Å². The minimum atomic E-state index is 0.0922. The van der Waals surface area contributed by atoms with Crippen molar-refractivity contribution in [1.29, 1.82) is 0 Å². The maximum absolute atomic E-state index is 5.99. The lowest BCUT2D eigenvalue weighted by Crippen LogP contribution is -2.07. The van der Waals surface area contributed by atoms with Crippen LogP contribution in [0.2, 0.25) is 0 Å². The Morgan fingerprint density at radius 3 is 1.85 bits per heavy atom. The van der Waals surface area contributed by atoms with Crippen molar-refractivity contribution in [3.63, 3.8) is 0 Å². The first-order valence-electron chi connectivity index (χ1n) is 6.99. The van der Waals surface area contributed by atoms with E-state index in [1.54, 1.807) is 0 Å². The molecule has 0 aliphatic heterocycles. The van der Waals surface area contributed by atoms with Crippen LogP contribution in [0.15, 0.2) is 48.5 Å². The third kappa shape index (κ3) is 3.75. The average Bonchev–Trinajstić information content (AvgIpc) is 2.49. The lowest BCUT2D eigenvalue weighted by molar-refractivity contribution is 0.339. The summed E-state index contributed by atoms with van der Waals surface area (Å²) >= 11 is 0. The van der Waals surface area contributed by atoms with E-state index in [-0.39, 0.29) is 6.04 Å². The summed E-state index contributed by atoms with van der Waals surface area (Å²) < 4.78 is 11.2. The van der Waals surface area contributed by atoms with Crippen LogP contribution in [0.1, 0.15) is 31.9 Å². The minimum Gasteiger partial charge on any atom is -0.494 e. The molecule has 3 nitrogen and oxygen atoms in total. The average molecular weight is 271 g/mol. The highest BCUT2D eigenvalue weighted by Crippen LogP contribution is 2.25. The van der Waals surface area contributed by atoms with Crippen molar-refractivity contribution in [1.82, 2.24) is 0 Å². The molecule has 106 valence electrons. The first kappa shape index (κ1) is 14.4. The van der Waals surface area contributed by atoms with Gasteiger partial charge in [-0.05, 0) is 55.3 Å². The van der Waals surface area contributed by atoms with Gasteiger partial charge in [0, 0.05) is 6.04 Å². The van der Waals surface area contributed by atoms with Crippen molar-refractivity contribution in [3.8, 4) is 17.2 Å². The van der Waals surface area contributed by atoms with Crippen molar-refractivity contribution in [2.45, 2.75) is 26.3 Å². The van der Waals surface area contributed by atoms with Crippen LogP contribution in [0.5, 0.6) is 17.2 Å². The van der Waals surface area contributed by atoms with Gasteiger partial charge in [-0.1, -0.05) is 19.1 Å². The molecule has 2 rings (SSSR count). The Hall–Kier alpha value is -2.00. The van der Waals surface area contributed by atoms with Gasteiger partial charge in [0.2, 0.25) is 0 Å².